The van der Waals surface area contributed by atoms with Crippen LogP contribution in [0.4, 0.5) is 18.9 Å². The van der Waals surface area contributed by atoms with Crippen molar-refractivity contribution in [1.29, 1.82) is 0 Å². The van der Waals surface area contributed by atoms with Crippen LogP contribution in [0.1, 0.15) is 55.8 Å². The zero-order chi connectivity index (χ0) is 20.3. The molecule has 0 aliphatic heterocycles. The largest absolute Gasteiger partial charge is 0.466 e. The van der Waals surface area contributed by atoms with Gasteiger partial charge in [0.1, 0.15) is 0 Å². The normalized spacial score (nSPS) is 12.3. The average Bonchev–Trinajstić information content (AvgIpc) is 2.64. The van der Waals surface area contributed by atoms with E-state index in [0.717, 1.165) is 18.5 Å². The van der Waals surface area contributed by atoms with Crippen molar-refractivity contribution >= 4 is 17.6 Å². The van der Waals surface area contributed by atoms with Gasteiger partial charge in [0.2, 0.25) is 0 Å². The minimum Gasteiger partial charge on any atom is -0.466 e. The molecule has 1 aromatic carbocycles. The first-order valence-corrected chi connectivity index (χ1v) is 8.96. The van der Waals surface area contributed by atoms with E-state index in [4.69, 9.17) is 4.74 Å². The molecule has 0 fully saturated rings. The number of ether oxygens (including phenoxy) is 2. The molecule has 0 amide bonds. The number of hydrogen-bond donors (Lipinski definition) is 1. The number of benzene rings is 1. The molecule has 1 aromatic rings. The molecule has 0 aliphatic carbocycles. The van der Waals surface area contributed by atoms with Gasteiger partial charge in [-0.15, -0.1) is 0 Å². The van der Waals surface area contributed by atoms with Crippen LogP contribution in [0, 0.1) is 0 Å². The maximum absolute atomic E-state index is 12.0. The van der Waals surface area contributed by atoms with Crippen LogP contribution in [0.15, 0.2) is 24.3 Å². The molecule has 1 N–H and O–H groups in total. The summed E-state index contributed by atoms with van der Waals surface area (Å²) in [4.78, 5) is 23.5. The minimum absolute atomic E-state index is 0.157. The van der Waals surface area contributed by atoms with Crippen LogP contribution in [0.25, 0.3) is 0 Å². The molecule has 27 heavy (non-hydrogen) atoms. The average molecular weight is 389 g/mol. The predicted octanol–water partition coefficient (Wildman–Crippen LogP) is 4.72. The Hall–Kier alpha value is -2.25. The van der Waals surface area contributed by atoms with Crippen molar-refractivity contribution in [3.05, 3.63) is 29.8 Å². The molecule has 152 valence electrons. The highest BCUT2D eigenvalue weighted by Crippen LogP contribution is 2.22. The second-order valence-electron chi connectivity index (χ2n) is 6.11. The van der Waals surface area contributed by atoms with Crippen LogP contribution < -0.4 is 5.32 Å². The molecular weight excluding hydrogens is 363 g/mol. The zero-order valence-corrected chi connectivity index (χ0v) is 15.6. The lowest BCUT2D eigenvalue weighted by Gasteiger charge is -2.14. The minimum atomic E-state index is -4.07. The van der Waals surface area contributed by atoms with Crippen molar-refractivity contribution < 1.29 is 32.2 Å². The van der Waals surface area contributed by atoms with E-state index in [0.29, 0.717) is 24.9 Å². The predicted molar refractivity (Wildman–Crippen MR) is 95.6 cm³/mol. The quantitative estimate of drug-likeness (QED) is 0.438. The molecule has 5 nitrogen and oxygen atoms in total. The van der Waals surface area contributed by atoms with Crippen molar-refractivity contribution in [2.45, 2.75) is 57.7 Å². The molecule has 1 unspecified atom stereocenters. The smallest absolute Gasteiger partial charge is 0.389 e. The van der Waals surface area contributed by atoms with E-state index in [1.165, 1.54) is 7.11 Å². The van der Waals surface area contributed by atoms with E-state index in [2.05, 4.69) is 10.1 Å². The number of esters is 2. The number of methoxy groups -OCH3 is 1. The highest BCUT2D eigenvalue weighted by Gasteiger charge is 2.25. The van der Waals surface area contributed by atoms with Gasteiger partial charge in [0.05, 0.1) is 12.7 Å². The second-order valence-corrected chi connectivity index (χ2v) is 6.11. The summed E-state index contributed by atoms with van der Waals surface area (Å²) in [6, 6.07) is 6.58. The number of halogens is 3. The van der Waals surface area contributed by atoms with Gasteiger partial charge in [-0.05, 0) is 43.5 Å². The summed E-state index contributed by atoms with van der Waals surface area (Å²) >= 11 is 0. The van der Waals surface area contributed by atoms with Gasteiger partial charge in [0, 0.05) is 18.7 Å². The lowest BCUT2D eigenvalue weighted by molar-refractivity contribution is -0.151. The molecule has 8 heteroatoms. The van der Waals surface area contributed by atoms with E-state index in [1.54, 1.807) is 31.2 Å². The van der Waals surface area contributed by atoms with E-state index in [9.17, 15) is 22.8 Å². The van der Waals surface area contributed by atoms with Crippen LogP contribution in [0.5, 0.6) is 0 Å². The molecule has 0 heterocycles. The number of carbonyl (C=O) groups is 2. The summed E-state index contributed by atoms with van der Waals surface area (Å²) in [6.07, 6.45) is -3.23. The Labute approximate surface area is 157 Å². The third-order valence-electron chi connectivity index (χ3n) is 3.92. The lowest BCUT2D eigenvalue weighted by atomic mass is 10.1. The van der Waals surface area contributed by atoms with Gasteiger partial charge in [-0.3, -0.25) is 0 Å². The van der Waals surface area contributed by atoms with Crippen molar-refractivity contribution in [2.75, 3.05) is 19.0 Å². The molecule has 0 bridgehead atoms. The Kier molecular flexibility index (Phi) is 9.67. The van der Waals surface area contributed by atoms with Crippen molar-refractivity contribution in [2.24, 2.45) is 0 Å². The summed E-state index contributed by atoms with van der Waals surface area (Å²) in [7, 11) is 1.23. The van der Waals surface area contributed by atoms with Gasteiger partial charge in [-0.2, -0.15) is 13.2 Å². The third kappa shape index (κ3) is 9.30. The number of nitrogens with one attached hydrogen (secondary N) is 1. The number of alkyl halides is 3. The van der Waals surface area contributed by atoms with Crippen LogP contribution in [0.2, 0.25) is 0 Å². The molecule has 0 saturated carbocycles. The summed E-state index contributed by atoms with van der Waals surface area (Å²) in [5.74, 6) is -1.21. The van der Waals surface area contributed by atoms with Crippen LogP contribution in [-0.4, -0.2) is 37.9 Å². The standard InChI is InChI=1S/C19H26F3NO4/c1-3-16(18(25)26-2)27-17(24)14-8-10-15(11-9-14)23-13-7-5-4-6-12-19(20,21)22/h8-11,16,23H,3-7,12-13H2,1-2H3. The monoisotopic (exact) mass is 389 g/mol. The Bertz CT molecular complexity index is 588. The van der Waals surface area contributed by atoms with Gasteiger partial charge in [-0.25, -0.2) is 9.59 Å². The first kappa shape index (κ1) is 22.8. The first-order valence-electron chi connectivity index (χ1n) is 8.96. The van der Waals surface area contributed by atoms with E-state index < -0.39 is 30.6 Å². The topological polar surface area (TPSA) is 64.6 Å². The molecule has 0 radical (unpaired) electrons. The number of carbonyl (C=O) groups excluding carboxylic acids is 2. The van der Waals surface area contributed by atoms with E-state index in [-0.39, 0.29) is 6.42 Å². The van der Waals surface area contributed by atoms with Crippen LogP contribution >= 0.6 is 0 Å². The van der Waals surface area contributed by atoms with Gasteiger partial charge in [0.15, 0.2) is 6.10 Å². The third-order valence-corrected chi connectivity index (χ3v) is 3.92. The maximum Gasteiger partial charge on any atom is 0.389 e. The number of anilines is 1. The highest BCUT2D eigenvalue weighted by atomic mass is 19.4. The van der Waals surface area contributed by atoms with Crippen LogP contribution in [-0.2, 0) is 14.3 Å². The molecule has 0 aromatic heterocycles. The Balaban J connectivity index is 2.33. The fourth-order valence-corrected chi connectivity index (χ4v) is 2.39. The lowest BCUT2D eigenvalue weighted by Crippen LogP contribution is -2.27. The molecular formula is C19H26F3NO4. The second kappa shape index (κ2) is 11.5. The highest BCUT2D eigenvalue weighted by molar-refractivity contribution is 5.91. The number of hydrogen-bond acceptors (Lipinski definition) is 5. The van der Waals surface area contributed by atoms with E-state index in [1.807, 2.05) is 0 Å². The fourth-order valence-electron chi connectivity index (χ4n) is 2.39. The van der Waals surface area contributed by atoms with Crippen molar-refractivity contribution in [1.82, 2.24) is 0 Å². The van der Waals surface area contributed by atoms with Crippen molar-refractivity contribution in [3.8, 4) is 0 Å². The number of unbranched alkanes of at least 4 members (excludes halogenated alkanes) is 3. The Morgan fingerprint density at radius 1 is 1.07 bits per heavy atom. The fraction of sp³-hybridized carbons (Fsp3) is 0.579. The summed E-state index contributed by atoms with van der Waals surface area (Å²) in [6.45, 7) is 2.35. The maximum atomic E-state index is 12.0. The van der Waals surface area contributed by atoms with Gasteiger partial charge >= 0.3 is 18.1 Å². The van der Waals surface area contributed by atoms with Crippen molar-refractivity contribution in [3.63, 3.8) is 0 Å². The summed E-state index contributed by atoms with van der Waals surface area (Å²) < 4.78 is 45.8. The molecule has 0 spiro atoms. The zero-order valence-electron chi connectivity index (χ0n) is 15.6. The first-order chi connectivity index (χ1) is 12.8. The van der Waals surface area contributed by atoms with Gasteiger partial charge in [-0.1, -0.05) is 19.8 Å². The van der Waals surface area contributed by atoms with Crippen LogP contribution in [0.3, 0.4) is 0 Å². The number of rotatable bonds is 11. The summed E-state index contributed by atoms with van der Waals surface area (Å²) in [5.41, 5.74) is 1.11. The molecule has 1 atom stereocenters. The Morgan fingerprint density at radius 2 is 1.70 bits per heavy atom. The van der Waals surface area contributed by atoms with Gasteiger partial charge in [0.25, 0.3) is 0 Å². The molecule has 0 aliphatic rings. The van der Waals surface area contributed by atoms with Gasteiger partial charge < -0.3 is 14.8 Å². The molecule has 0 saturated heterocycles. The summed E-state index contributed by atoms with van der Waals surface area (Å²) in [5, 5.41) is 3.15. The molecule has 1 rings (SSSR count). The SMILES string of the molecule is CCC(OC(=O)c1ccc(NCCCCCCC(F)(F)F)cc1)C(=O)OC. The Morgan fingerprint density at radius 3 is 2.26 bits per heavy atom. The van der Waals surface area contributed by atoms with E-state index >= 15 is 0 Å².